The molecule has 0 radical (unpaired) electrons. The van der Waals surface area contributed by atoms with E-state index in [4.69, 9.17) is 4.74 Å². The average Bonchev–Trinajstić information content (AvgIpc) is 3.23. The van der Waals surface area contributed by atoms with Crippen LogP contribution in [-0.2, 0) is 21.0 Å². The highest BCUT2D eigenvalue weighted by Gasteiger charge is 2.71. The predicted octanol–water partition coefficient (Wildman–Crippen LogP) is 2.70. The minimum absolute atomic E-state index is 0.0523. The Balaban J connectivity index is 2.40. The summed E-state index contributed by atoms with van der Waals surface area (Å²) in [5.74, 6) is -0.239. The van der Waals surface area contributed by atoms with Crippen molar-refractivity contribution in [2.75, 3.05) is 19.0 Å². The molecule has 1 aromatic rings. The molecule has 1 aliphatic rings. The molecule has 0 heterocycles. The van der Waals surface area contributed by atoms with Gasteiger partial charge >= 0.3 is 0 Å². The van der Waals surface area contributed by atoms with Gasteiger partial charge in [0.05, 0.1) is 17.9 Å². The van der Waals surface area contributed by atoms with Crippen LogP contribution >= 0.6 is 0 Å². The van der Waals surface area contributed by atoms with Crippen molar-refractivity contribution in [1.82, 2.24) is 0 Å². The first-order chi connectivity index (χ1) is 10.5. The van der Waals surface area contributed by atoms with Crippen molar-refractivity contribution >= 4 is 9.84 Å². The zero-order chi connectivity index (χ0) is 16.4. The molecule has 1 saturated carbocycles. The van der Waals surface area contributed by atoms with E-state index < -0.39 is 20.5 Å². The molecule has 0 saturated heterocycles. The summed E-state index contributed by atoms with van der Waals surface area (Å²) >= 11 is 0. The van der Waals surface area contributed by atoms with Gasteiger partial charge in [-0.1, -0.05) is 38.1 Å². The molecule has 0 aromatic heterocycles. The Morgan fingerprint density at radius 2 is 1.86 bits per heavy atom. The minimum Gasteiger partial charge on any atom is -0.380 e. The van der Waals surface area contributed by atoms with Crippen molar-refractivity contribution in [1.29, 1.82) is 5.26 Å². The molecule has 3 atom stereocenters. The first-order valence-electron chi connectivity index (χ1n) is 7.76. The van der Waals surface area contributed by atoms with Crippen molar-refractivity contribution < 1.29 is 13.2 Å². The van der Waals surface area contributed by atoms with Crippen LogP contribution in [0.3, 0.4) is 0 Å². The Labute approximate surface area is 133 Å². The number of nitrogens with zero attached hydrogens (tertiary/aromatic N) is 1. The second-order valence-corrected chi connectivity index (χ2v) is 8.15. The van der Waals surface area contributed by atoms with E-state index in [2.05, 4.69) is 13.0 Å². The zero-order valence-corrected chi connectivity index (χ0v) is 14.2. The van der Waals surface area contributed by atoms with E-state index in [1.165, 1.54) is 5.56 Å². The quantitative estimate of drug-likeness (QED) is 0.774. The maximum absolute atomic E-state index is 12.4. The number of aryl methyl sites for hydroxylation is 1. The highest BCUT2D eigenvalue weighted by Crippen LogP contribution is 2.62. The highest BCUT2D eigenvalue weighted by molar-refractivity contribution is 7.92. The summed E-state index contributed by atoms with van der Waals surface area (Å²) in [6, 6.07) is 10.2. The van der Waals surface area contributed by atoms with Crippen molar-refractivity contribution in [3.05, 3.63) is 35.4 Å². The monoisotopic (exact) mass is 321 g/mol. The fraction of sp³-hybridized carbons (Fsp3) is 0.588. The summed E-state index contributed by atoms with van der Waals surface area (Å²) in [5, 5.41) is 8.99. The topological polar surface area (TPSA) is 67.2 Å². The zero-order valence-electron chi connectivity index (χ0n) is 13.4. The molecule has 0 amide bonds. The lowest BCUT2D eigenvalue weighted by Gasteiger charge is -2.09. The summed E-state index contributed by atoms with van der Waals surface area (Å²) in [4.78, 5) is 0. The molecule has 1 aliphatic carbocycles. The van der Waals surface area contributed by atoms with Gasteiger partial charge in [-0.05, 0) is 24.5 Å². The summed E-state index contributed by atoms with van der Waals surface area (Å²) in [5.41, 5.74) is 1.17. The van der Waals surface area contributed by atoms with Crippen LogP contribution in [0.4, 0.5) is 0 Å². The standard InChI is InChI=1S/C17H23NO3S/c1-4-13-7-9-14(10-8-13)15-16(22(19,20)6-3)17(15,11-18)12-21-5-2/h7-10,15-16H,4-6,12H2,1-3H3/t15-,16-,17-/m1/s1. The van der Waals surface area contributed by atoms with E-state index in [1.54, 1.807) is 6.92 Å². The number of benzene rings is 1. The maximum atomic E-state index is 12.4. The fourth-order valence-corrected chi connectivity index (χ4v) is 5.16. The van der Waals surface area contributed by atoms with Gasteiger partial charge in [0.15, 0.2) is 9.84 Å². The van der Waals surface area contributed by atoms with Crippen LogP contribution in [0.2, 0.25) is 0 Å². The molecule has 0 N–H and O–H groups in total. The predicted molar refractivity (Wildman–Crippen MR) is 86.3 cm³/mol. The lowest BCUT2D eigenvalue weighted by Crippen LogP contribution is -2.20. The van der Waals surface area contributed by atoms with Gasteiger partial charge in [-0.15, -0.1) is 0 Å². The van der Waals surface area contributed by atoms with E-state index in [0.717, 1.165) is 12.0 Å². The Morgan fingerprint density at radius 1 is 1.23 bits per heavy atom. The number of nitriles is 1. The van der Waals surface area contributed by atoms with Crippen LogP contribution in [-0.4, -0.2) is 32.6 Å². The normalized spacial score (nSPS) is 27.4. The van der Waals surface area contributed by atoms with Crippen molar-refractivity contribution in [3.8, 4) is 6.07 Å². The van der Waals surface area contributed by atoms with Gasteiger partial charge in [-0.25, -0.2) is 8.42 Å². The summed E-state index contributed by atoms with van der Waals surface area (Å²) in [6.07, 6.45) is 0.934. The average molecular weight is 321 g/mol. The van der Waals surface area contributed by atoms with Gasteiger partial charge in [0, 0.05) is 18.3 Å². The molecular formula is C17H23NO3S. The van der Waals surface area contributed by atoms with Gasteiger partial charge < -0.3 is 4.74 Å². The Morgan fingerprint density at radius 3 is 2.32 bits per heavy atom. The maximum Gasteiger partial charge on any atom is 0.155 e. The molecule has 1 fully saturated rings. The Kier molecular flexibility index (Phi) is 4.93. The number of hydrogen-bond acceptors (Lipinski definition) is 4. The molecule has 4 nitrogen and oxygen atoms in total. The second-order valence-electron chi connectivity index (χ2n) is 5.73. The van der Waals surface area contributed by atoms with Gasteiger partial charge in [-0.2, -0.15) is 5.26 Å². The van der Waals surface area contributed by atoms with Crippen LogP contribution in [0, 0.1) is 16.7 Å². The summed E-state index contributed by atoms with van der Waals surface area (Å²) < 4.78 is 30.2. The third-order valence-electron chi connectivity index (χ3n) is 4.55. The smallest absolute Gasteiger partial charge is 0.155 e. The molecule has 0 unspecified atom stereocenters. The van der Waals surface area contributed by atoms with Crippen LogP contribution < -0.4 is 0 Å². The number of sulfone groups is 1. The van der Waals surface area contributed by atoms with Crippen LogP contribution in [0.15, 0.2) is 24.3 Å². The van der Waals surface area contributed by atoms with Gasteiger partial charge in [0.25, 0.3) is 0 Å². The van der Waals surface area contributed by atoms with E-state index >= 15 is 0 Å². The molecule has 22 heavy (non-hydrogen) atoms. The Hall–Kier alpha value is -1.38. The molecule has 120 valence electrons. The van der Waals surface area contributed by atoms with Gasteiger partial charge in [0.2, 0.25) is 0 Å². The fourth-order valence-electron chi connectivity index (χ4n) is 3.15. The molecule has 0 bridgehead atoms. The lowest BCUT2D eigenvalue weighted by atomic mass is 10.00. The molecule has 0 spiro atoms. The SMILES string of the molecule is CCOC[C@]1(C#N)[C@H](c2ccc(CC)cc2)[C@H]1S(=O)(=O)CC. The molecule has 1 aromatic carbocycles. The molecule has 0 aliphatic heterocycles. The first-order valence-corrected chi connectivity index (χ1v) is 9.47. The molecule has 5 heteroatoms. The summed E-state index contributed by atoms with van der Waals surface area (Å²) in [6.45, 7) is 6.20. The van der Waals surface area contributed by atoms with Crippen LogP contribution in [0.1, 0.15) is 37.8 Å². The van der Waals surface area contributed by atoms with Crippen molar-refractivity contribution in [3.63, 3.8) is 0 Å². The first kappa shape index (κ1) is 17.0. The van der Waals surface area contributed by atoms with Gasteiger partial charge in [0.1, 0.15) is 5.41 Å². The molecular weight excluding hydrogens is 298 g/mol. The van der Waals surface area contributed by atoms with Crippen molar-refractivity contribution in [2.45, 2.75) is 38.4 Å². The van der Waals surface area contributed by atoms with E-state index in [-0.39, 0.29) is 18.3 Å². The van der Waals surface area contributed by atoms with E-state index in [9.17, 15) is 13.7 Å². The van der Waals surface area contributed by atoms with Crippen molar-refractivity contribution in [2.24, 2.45) is 5.41 Å². The van der Waals surface area contributed by atoms with E-state index in [1.807, 2.05) is 31.2 Å². The molecule has 2 rings (SSSR count). The number of rotatable bonds is 7. The second kappa shape index (κ2) is 6.39. The van der Waals surface area contributed by atoms with E-state index in [0.29, 0.717) is 6.61 Å². The Bertz CT molecular complexity index is 660. The largest absolute Gasteiger partial charge is 0.380 e. The third kappa shape index (κ3) is 2.78. The van der Waals surface area contributed by atoms with Crippen LogP contribution in [0.25, 0.3) is 0 Å². The number of hydrogen-bond donors (Lipinski definition) is 0. The summed E-state index contributed by atoms with van der Waals surface area (Å²) in [7, 11) is -3.29. The highest BCUT2D eigenvalue weighted by atomic mass is 32.2. The lowest BCUT2D eigenvalue weighted by molar-refractivity contribution is 0.117. The minimum atomic E-state index is -3.29. The third-order valence-corrected chi connectivity index (χ3v) is 6.82. The van der Waals surface area contributed by atoms with Crippen LogP contribution in [0.5, 0.6) is 0 Å². The van der Waals surface area contributed by atoms with Gasteiger partial charge in [-0.3, -0.25) is 0 Å². The number of ether oxygens (including phenoxy) is 1.